The standard InChI is InChI=1S/C26H42N2O5S/c1-7-10-11-15-27(14-8-2)23(31)21-26-13-12-25(6,34-26)20(24(32)33-9-3)19(26)22(30)28(21)18(16-29)17(4)5/h8,17-21,29H,2,7,9-16H2,1,3-6H3/t18-,19-,20+,21?,25-,26?/m0/s1. The number of aliphatic hydroxyl groups is 1. The fraction of sp³-hybridized carbons (Fsp3) is 0.808. The summed E-state index contributed by atoms with van der Waals surface area (Å²) in [6.45, 7) is 14.8. The van der Waals surface area contributed by atoms with Crippen LogP contribution in [0.3, 0.4) is 0 Å². The lowest BCUT2D eigenvalue weighted by Gasteiger charge is -2.40. The van der Waals surface area contributed by atoms with E-state index in [2.05, 4.69) is 13.5 Å². The lowest BCUT2D eigenvalue weighted by atomic mass is 9.66. The number of ether oxygens (including phenoxy) is 1. The fourth-order valence-corrected chi connectivity index (χ4v) is 8.71. The average Bonchev–Trinajstić information content (AvgIpc) is 3.35. The molecule has 1 spiro atoms. The van der Waals surface area contributed by atoms with Crippen molar-refractivity contribution < 1.29 is 24.2 Å². The first-order valence-electron chi connectivity index (χ1n) is 12.8. The van der Waals surface area contributed by atoms with E-state index in [1.807, 2.05) is 25.7 Å². The summed E-state index contributed by atoms with van der Waals surface area (Å²) in [7, 11) is 0. The Morgan fingerprint density at radius 2 is 2.03 bits per heavy atom. The number of esters is 1. The molecule has 3 saturated heterocycles. The lowest BCUT2D eigenvalue weighted by Crippen LogP contribution is -2.58. The highest BCUT2D eigenvalue weighted by Gasteiger charge is 2.78. The number of carbonyl (C=O) groups excluding carboxylic acids is 3. The highest BCUT2D eigenvalue weighted by molar-refractivity contribution is 8.02. The average molecular weight is 495 g/mol. The minimum absolute atomic E-state index is 0.0359. The lowest BCUT2D eigenvalue weighted by molar-refractivity contribution is -0.155. The zero-order valence-corrected chi connectivity index (χ0v) is 22.2. The molecule has 2 unspecified atom stereocenters. The zero-order valence-electron chi connectivity index (χ0n) is 21.4. The first-order valence-corrected chi connectivity index (χ1v) is 13.6. The molecule has 34 heavy (non-hydrogen) atoms. The van der Waals surface area contributed by atoms with Gasteiger partial charge in [-0.25, -0.2) is 0 Å². The molecule has 0 aromatic heterocycles. The third-order valence-corrected chi connectivity index (χ3v) is 9.98. The summed E-state index contributed by atoms with van der Waals surface area (Å²) in [5.74, 6) is -1.86. The van der Waals surface area contributed by atoms with Gasteiger partial charge in [0, 0.05) is 17.8 Å². The zero-order chi connectivity index (χ0) is 25.3. The van der Waals surface area contributed by atoms with Crippen molar-refractivity contribution in [2.45, 2.75) is 88.3 Å². The second-order valence-electron chi connectivity index (χ2n) is 10.5. The predicted molar refractivity (Wildman–Crippen MR) is 134 cm³/mol. The molecular formula is C26H42N2O5S. The van der Waals surface area contributed by atoms with E-state index in [1.54, 1.807) is 29.7 Å². The van der Waals surface area contributed by atoms with Gasteiger partial charge >= 0.3 is 5.97 Å². The molecule has 7 nitrogen and oxygen atoms in total. The molecule has 8 heteroatoms. The first kappa shape index (κ1) is 27.1. The monoisotopic (exact) mass is 494 g/mol. The Labute approximate surface area is 208 Å². The minimum Gasteiger partial charge on any atom is -0.466 e. The molecular weight excluding hydrogens is 452 g/mol. The third kappa shape index (κ3) is 4.29. The van der Waals surface area contributed by atoms with Crippen molar-refractivity contribution >= 4 is 29.5 Å². The van der Waals surface area contributed by atoms with Crippen LogP contribution in [0.5, 0.6) is 0 Å². The van der Waals surface area contributed by atoms with Crippen molar-refractivity contribution in [3.8, 4) is 0 Å². The number of hydrogen-bond donors (Lipinski definition) is 1. The molecule has 3 fully saturated rings. The summed E-state index contributed by atoms with van der Waals surface area (Å²) in [4.78, 5) is 44.9. The number of amides is 2. The molecule has 0 aliphatic carbocycles. The quantitative estimate of drug-likeness (QED) is 0.255. The van der Waals surface area contributed by atoms with Gasteiger partial charge in [0.15, 0.2) is 0 Å². The van der Waals surface area contributed by atoms with E-state index in [4.69, 9.17) is 4.74 Å². The molecule has 1 N–H and O–H groups in total. The smallest absolute Gasteiger partial charge is 0.311 e. The van der Waals surface area contributed by atoms with Gasteiger partial charge in [-0.1, -0.05) is 39.7 Å². The van der Waals surface area contributed by atoms with Crippen LogP contribution in [-0.4, -0.2) is 80.6 Å². The van der Waals surface area contributed by atoms with E-state index in [-0.39, 0.29) is 36.9 Å². The van der Waals surface area contributed by atoms with Crippen LogP contribution >= 0.6 is 11.8 Å². The van der Waals surface area contributed by atoms with Crippen LogP contribution in [0.15, 0.2) is 12.7 Å². The van der Waals surface area contributed by atoms with E-state index in [0.29, 0.717) is 19.5 Å². The molecule has 0 saturated carbocycles. The van der Waals surface area contributed by atoms with Crippen molar-refractivity contribution in [1.82, 2.24) is 9.80 Å². The van der Waals surface area contributed by atoms with Crippen LogP contribution < -0.4 is 0 Å². The number of likely N-dealkylation sites (tertiary alicyclic amines) is 1. The van der Waals surface area contributed by atoms with Crippen molar-refractivity contribution in [3.05, 3.63) is 12.7 Å². The van der Waals surface area contributed by atoms with E-state index >= 15 is 0 Å². The Kier molecular flexibility index (Phi) is 8.44. The van der Waals surface area contributed by atoms with Crippen LogP contribution in [-0.2, 0) is 19.1 Å². The largest absolute Gasteiger partial charge is 0.466 e. The van der Waals surface area contributed by atoms with Gasteiger partial charge in [-0.05, 0) is 39.0 Å². The summed E-state index contributed by atoms with van der Waals surface area (Å²) in [6.07, 6.45) is 6.13. The van der Waals surface area contributed by atoms with Crippen LogP contribution in [0.4, 0.5) is 0 Å². The summed E-state index contributed by atoms with van der Waals surface area (Å²) >= 11 is 1.64. The molecule has 2 amide bonds. The van der Waals surface area contributed by atoms with Crippen molar-refractivity contribution in [1.29, 1.82) is 0 Å². The van der Waals surface area contributed by atoms with Gasteiger partial charge in [0.2, 0.25) is 11.8 Å². The molecule has 3 heterocycles. The Morgan fingerprint density at radius 1 is 1.32 bits per heavy atom. The second kappa shape index (κ2) is 10.6. The minimum atomic E-state index is -0.711. The fourth-order valence-electron chi connectivity index (χ4n) is 6.38. The Balaban J connectivity index is 2.09. The SMILES string of the molecule is C=CCN(CCCCC)C(=O)C1N([C@@H](CO)C(C)C)C(=O)[C@@H]2[C@H](C(=O)OCC)[C@]3(C)CCC12S3. The van der Waals surface area contributed by atoms with Crippen LogP contribution in [0.1, 0.15) is 66.7 Å². The summed E-state index contributed by atoms with van der Waals surface area (Å²) in [6, 6.07) is -1.20. The Morgan fingerprint density at radius 3 is 2.59 bits per heavy atom. The maximum atomic E-state index is 14.2. The number of rotatable bonds is 12. The van der Waals surface area contributed by atoms with Gasteiger partial charge in [0.05, 0.1) is 35.8 Å². The van der Waals surface area contributed by atoms with E-state index in [1.165, 1.54) is 0 Å². The van der Waals surface area contributed by atoms with Crippen LogP contribution in [0.25, 0.3) is 0 Å². The molecule has 0 radical (unpaired) electrons. The van der Waals surface area contributed by atoms with Crippen molar-refractivity contribution in [3.63, 3.8) is 0 Å². The van der Waals surface area contributed by atoms with E-state index < -0.39 is 33.4 Å². The number of carbonyl (C=O) groups is 3. The van der Waals surface area contributed by atoms with Gasteiger partial charge < -0.3 is 19.6 Å². The second-order valence-corrected chi connectivity index (χ2v) is 12.4. The predicted octanol–water partition coefficient (Wildman–Crippen LogP) is 3.25. The highest BCUT2D eigenvalue weighted by Crippen LogP contribution is 2.71. The summed E-state index contributed by atoms with van der Waals surface area (Å²) in [5, 5.41) is 10.3. The molecule has 192 valence electrons. The van der Waals surface area contributed by atoms with Gasteiger partial charge in [0.1, 0.15) is 6.04 Å². The summed E-state index contributed by atoms with van der Waals surface area (Å²) in [5.41, 5.74) is 0. The number of nitrogens with zero attached hydrogens (tertiary/aromatic N) is 2. The van der Waals surface area contributed by atoms with Crippen LogP contribution in [0.2, 0.25) is 0 Å². The van der Waals surface area contributed by atoms with Gasteiger partial charge in [-0.15, -0.1) is 18.3 Å². The third-order valence-electron chi connectivity index (χ3n) is 8.00. The number of hydrogen-bond acceptors (Lipinski definition) is 6. The number of unbranched alkanes of at least 4 members (excludes halogenated alkanes) is 2. The van der Waals surface area contributed by atoms with Gasteiger partial charge in [0.25, 0.3) is 0 Å². The molecule has 3 rings (SSSR count). The maximum Gasteiger partial charge on any atom is 0.311 e. The van der Waals surface area contributed by atoms with E-state index in [0.717, 1.165) is 25.7 Å². The number of fused-ring (bicyclic) bond motifs is 1. The molecule has 3 aliphatic rings. The first-order chi connectivity index (χ1) is 16.1. The number of thioether (sulfide) groups is 1. The topological polar surface area (TPSA) is 87.2 Å². The Hall–Kier alpha value is -1.54. The molecule has 3 aliphatic heterocycles. The highest BCUT2D eigenvalue weighted by atomic mass is 32.2. The number of aliphatic hydroxyl groups excluding tert-OH is 1. The van der Waals surface area contributed by atoms with E-state index in [9.17, 15) is 19.5 Å². The van der Waals surface area contributed by atoms with Crippen molar-refractivity contribution in [2.24, 2.45) is 17.8 Å². The van der Waals surface area contributed by atoms with Gasteiger partial charge in [-0.3, -0.25) is 14.4 Å². The molecule has 0 aromatic rings. The Bertz CT molecular complexity index is 804. The summed E-state index contributed by atoms with van der Waals surface area (Å²) < 4.78 is 4.31. The molecule has 6 atom stereocenters. The van der Waals surface area contributed by atoms with Crippen molar-refractivity contribution in [2.75, 3.05) is 26.3 Å². The maximum absolute atomic E-state index is 14.2. The normalized spacial score (nSPS) is 32.7. The molecule has 2 bridgehead atoms. The van der Waals surface area contributed by atoms with Crippen LogP contribution in [0, 0.1) is 17.8 Å². The molecule has 0 aromatic carbocycles. The van der Waals surface area contributed by atoms with Gasteiger partial charge in [-0.2, -0.15) is 0 Å².